The van der Waals surface area contributed by atoms with Crippen LogP contribution in [-0.4, -0.2) is 19.7 Å². The van der Waals surface area contributed by atoms with Crippen molar-refractivity contribution in [3.63, 3.8) is 0 Å². The van der Waals surface area contributed by atoms with Gasteiger partial charge in [0.05, 0.1) is 11.9 Å². The van der Waals surface area contributed by atoms with E-state index in [1.165, 1.54) is 22.3 Å². The van der Waals surface area contributed by atoms with Gasteiger partial charge in [0.15, 0.2) is 0 Å². The van der Waals surface area contributed by atoms with E-state index in [0.717, 1.165) is 36.7 Å². The Labute approximate surface area is 165 Å². The lowest BCUT2D eigenvalue weighted by Gasteiger charge is -2.09. The highest BCUT2D eigenvalue weighted by Gasteiger charge is 2.07. The van der Waals surface area contributed by atoms with Crippen LogP contribution in [-0.2, 0) is 19.6 Å². The number of imidazole rings is 1. The number of hydrogen-bond acceptors (Lipinski definition) is 3. The van der Waals surface area contributed by atoms with Crippen molar-refractivity contribution in [3.05, 3.63) is 95.2 Å². The van der Waals surface area contributed by atoms with Crippen LogP contribution in [0.1, 0.15) is 28.1 Å². The molecule has 0 aliphatic rings. The number of H-pyrrole nitrogens is 1. The molecule has 2 heterocycles. The van der Waals surface area contributed by atoms with Gasteiger partial charge in [0, 0.05) is 37.6 Å². The highest BCUT2D eigenvalue weighted by molar-refractivity contribution is 5.62. The standard InChI is InChI=1S/C23H25N5/c1-17-6-8-21(9-7-17)23-22(15-26-27-23)14-24-13-19-4-3-5-20(12-19)16-28-11-10-25-18(28)2/h3-12,15,24H,13-14,16H2,1-2H3,(H,26,27). The highest BCUT2D eigenvalue weighted by Crippen LogP contribution is 2.21. The Morgan fingerprint density at radius 2 is 1.82 bits per heavy atom. The first-order valence-electron chi connectivity index (χ1n) is 9.54. The minimum absolute atomic E-state index is 0.768. The molecular formula is C23H25N5. The van der Waals surface area contributed by atoms with Crippen LogP contribution in [0.2, 0.25) is 0 Å². The van der Waals surface area contributed by atoms with Gasteiger partial charge >= 0.3 is 0 Å². The number of benzene rings is 2. The van der Waals surface area contributed by atoms with Crippen LogP contribution in [0.5, 0.6) is 0 Å². The number of hydrogen-bond donors (Lipinski definition) is 2. The lowest BCUT2D eigenvalue weighted by molar-refractivity contribution is 0.692. The van der Waals surface area contributed by atoms with Gasteiger partial charge in [-0.05, 0) is 30.5 Å². The molecule has 0 unspecified atom stereocenters. The van der Waals surface area contributed by atoms with E-state index in [9.17, 15) is 0 Å². The fraction of sp³-hybridized carbons (Fsp3) is 0.217. The summed E-state index contributed by atoms with van der Waals surface area (Å²) in [4.78, 5) is 4.29. The predicted octanol–water partition coefficient (Wildman–Crippen LogP) is 4.23. The van der Waals surface area contributed by atoms with Crippen molar-refractivity contribution in [2.75, 3.05) is 0 Å². The maximum Gasteiger partial charge on any atom is 0.105 e. The lowest BCUT2D eigenvalue weighted by Crippen LogP contribution is -2.13. The van der Waals surface area contributed by atoms with Crippen LogP contribution in [0.3, 0.4) is 0 Å². The first-order chi connectivity index (χ1) is 13.7. The maximum absolute atomic E-state index is 4.29. The number of rotatable bonds is 7. The molecule has 0 aliphatic carbocycles. The Morgan fingerprint density at radius 1 is 1.00 bits per heavy atom. The zero-order chi connectivity index (χ0) is 19.3. The average molecular weight is 371 g/mol. The molecule has 4 rings (SSSR count). The molecule has 0 saturated heterocycles. The van der Waals surface area contributed by atoms with Crippen LogP contribution < -0.4 is 5.32 Å². The number of aryl methyl sites for hydroxylation is 2. The van der Waals surface area contributed by atoms with Gasteiger partial charge in [0.1, 0.15) is 5.82 Å². The summed E-state index contributed by atoms with van der Waals surface area (Å²) in [5.74, 6) is 1.03. The smallest absolute Gasteiger partial charge is 0.105 e. The summed E-state index contributed by atoms with van der Waals surface area (Å²) in [6.45, 7) is 6.56. The molecule has 5 nitrogen and oxygen atoms in total. The van der Waals surface area contributed by atoms with Crippen LogP contribution in [0.25, 0.3) is 11.3 Å². The van der Waals surface area contributed by atoms with Gasteiger partial charge in [0.2, 0.25) is 0 Å². The fourth-order valence-corrected chi connectivity index (χ4v) is 3.36. The SMILES string of the molecule is Cc1ccc(-c2[nH]ncc2CNCc2cccc(Cn3ccnc3C)c2)cc1. The molecule has 0 radical (unpaired) electrons. The molecule has 142 valence electrons. The second kappa shape index (κ2) is 8.23. The average Bonchev–Trinajstić information content (AvgIpc) is 3.32. The van der Waals surface area contributed by atoms with E-state index in [-0.39, 0.29) is 0 Å². The van der Waals surface area contributed by atoms with Crippen LogP contribution >= 0.6 is 0 Å². The summed E-state index contributed by atoms with van der Waals surface area (Å²) < 4.78 is 2.16. The van der Waals surface area contributed by atoms with Gasteiger partial charge in [-0.2, -0.15) is 5.10 Å². The molecule has 2 N–H and O–H groups in total. The third-order valence-electron chi connectivity index (χ3n) is 4.97. The Bertz CT molecular complexity index is 1040. The van der Waals surface area contributed by atoms with E-state index >= 15 is 0 Å². The highest BCUT2D eigenvalue weighted by atomic mass is 15.1. The topological polar surface area (TPSA) is 58.5 Å². The Balaban J connectivity index is 1.38. The van der Waals surface area contributed by atoms with Crippen LogP contribution in [0.4, 0.5) is 0 Å². The van der Waals surface area contributed by atoms with Crippen molar-refractivity contribution >= 4 is 0 Å². The Morgan fingerprint density at radius 3 is 2.61 bits per heavy atom. The molecule has 2 aromatic carbocycles. The predicted molar refractivity (Wildman–Crippen MR) is 112 cm³/mol. The molecule has 2 aromatic heterocycles. The summed E-state index contributed by atoms with van der Waals surface area (Å²) >= 11 is 0. The van der Waals surface area contributed by atoms with Crippen molar-refractivity contribution in [1.29, 1.82) is 0 Å². The molecule has 0 atom stereocenters. The third kappa shape index (κ3) is 4.21. The van der Waals surface area contributed by atoms with E-state index in [1.54, 1.807) is 0 Å². The molecule has 0 bridgehead atoms. The number of aromatic nitrogens is 4. The first-order valence-corrected chi connectivity index (χ1v) is 9.54. The Hall–Kier alpha value is -3.18. The van der Waals surface area contributed by atoms with Crippen molar-refractivity contribution < 1.29 is 0 Å². The minimum Gasteiger partial charge on any atom is -0.331 e. The van der Waals surface area contributed by atoms with Crippen molar-refractivity contribution in [1.82, 2.24) is 25.1 Å². The molecule has 0 amide bonds. The summed E-state index contributed by atoms with van der Waals surface area (Å²) in [5, 5.41) is 10.9. The number of aromatic amines is 1. The van der Waals surface area contributed by atoms with Gasteiger partial charge in [-0.25, -0.2) is 4.98 Å². The fourth-order valence-electron chi connectivity index (χ4n) is 3.36. The third-order valence-corrected chi connectivity index (χ3v) is 4.97. The second-order valence-corrected chi connectivity index (χ2v) is 7.16. The van der Waals surface area contributed by atoms with Gasteiger partial charge in [-0.3, -0.25) is 5.10 Å². The molecule has 4 aromatic rings. The van der Waals surface area contributed by atoms with Crippen LogP contribution in [0, 0.1) is 13.8 Å². The molecule has 5 heteroatoms. The summed E-state index contributed by atoms with van der Waals surface area (Å²) in [5.41, 5.74) is 7.23. The van der Waals surface area contributed by atoms with Crippen LogP contribution in [0.15, 0.2) is 67.1 Å². The number of nitrogens with zero attached hydrogens (tertiary/aromatic N) is 3. The zero-order valence-corrected chi connectivity index (χ0v) is 16.3. The van der Waals surface area contributed by atoms with E-state index in [0.29, 0.717) is 0 Å². The molecule has 0 spiro atoms. The molecule has 0 saturated carbocycles. The van der Waals surface area contributed by atoms with Gasteiger partial charge < -0.3 is 9.88 Å². The molecule has 0 fully saturated rings. The van der Waals surface area contributed by atoms with E-state index < -0.39 is 0 Å². The quantitative estimate of drug-likeness (QED) is 0.511. The second-order valence-electron chi connectivity index (χ2n) is 7.16. The molecule has 0 aliphatic heterocycles. The minimum atomic E-state index is 0.768. The lowest BCUT2D eigenvalue weighted by atomic mass is 10.1. The van der Waals surface area contributed by atoms with Crippen molar-refractivity contribution in [2.24, 2.45) is 0 Å². The summed E-state index contributed by atoms with van der Waals surface area (Å²) in [6.07, 6.45) is 5.77. The van der Waals surface area contributed by atoms with Gasteiger partial charge in [-0.1, -0.05) is 54.1 Å². The van der Waals surface area contributed by atoms with E-state index in [4.69, 9.17) is 0 Å². The van der Waals surface area contributed by atoms with Gasteiger partial charge in [0.25, 0.3) is 0 Å². The Kier molecular flexibility index (Phi) is 5.35. The van der Waals surface area contributed by atoms with E-state index in [1.807, 2.05) is 25.5 Å². The normalized spacial score (nSPS) is 11.1. The monoisotopic (exact) mass is 371 g/mol. The first kappa shape index (κ1) is 18.2. The molecular weight excluding hydrogens is 346 g/mol. The van der Waals surface area contributed by atoms with E-state index in [2.05, 4.69) is 80.5 Å². The summed E-state index contributed by atoms with van der Waals surface area (Å²) in [6, 6.07) is 17.2. The number of nitrogens with one attached hydrogen (secondary N) is 2. The van der Waals surface area contributed by atoms with Gasteiger partial charge in [-0.15, -0.1) is 0 Å². The summed E-state index contributed by atoms with van der Waals surface area (Å²) in [7, 11) is 0. The largest absolute Gasteiger partial charge is 0.331 e. The van der Waals surface area contributed by atoms with Crippen molar-refractivity contribution in [2.45, 2.75) is 33.5 Å². The maximum atomic E-state index is 4.29. The zero-order valence-electron chi connectivity index (χ0n) is 16.3. The molecule has 28 heavy (non-hydrogen) atoms. The van der Waals surface area contributed by atoms with Crippen molar-refractivity contribution in [3.8, 4) is 11.3 Å².